The molecule has 0 aliphatic carbocycles. The lowest BCUT2D eigenvalue weighted by molar-refractivity contribution is -0.135. The van der Waals surface area contributed by atoms with E-state index in [1.54, 1.807) is 11.0 Å². The number of amides is 2. The maximum atomic E-state index is 13.1. The lowest BCUT2D eigenvalue weighted by Crippen LogP contribution is -2.62. The van der Waals surface area contributed by atoms with Gasteiger partial charge in [0.1, 0.15) is 5.75 Å². The summed E-state index contributed by atoms with van der Waals surface area (Å²) in [7, 11) is 0. The molecule has 1 N–H and O–H groups in total. The van der Waals surface area contributed by atoms with Crippen LogP contribution in [-0.2, 0) is 16.8 Å². The van der Waals surface area contributed by atoms with Crippen LogP contribution in [0.4, 0.5) is 0 Å². The summed E-state index contributed by atoms with van der Waals surface area (Å²) in [5, 5.41) is 2.97. The Balaban J connectivity index is 1.76. The molecule has 140 valence electrons. The molecule has 1 fully saturated rings. The Bertz CT molecular complexity index is 865. The van der Waals surface area contributed by atoms with Crippen molar-refractivity contribution < 1.29 is 14.3 Å². The molecule has 0 spiro atoms. The SMILES string of the molecule is CCCCOc1ccc2c(c1)C(=O)N1CCNC(=O)C21Cc1ccccc1. The van der Waals surface area contributed by atoms with E-state index in [2.05, 4.69) is 12.2 Å². The number of fused-ring (bicyclic) bond motifs is 3. The molecule has 27 heavy (non-hydrogen) atoms. The number of nitrogens with one attached hydrogen (secondary N) is 1. The number of hydrogen-bond acceptors (Lipinski definition) is 3. The number of carbonyl (C=O) groups is 2. The lowest BCUT2D eigenvalue weighted by atomic mass is 9.81. The Morgan fingerprint density at radius 2 is 1.96 bits per heavy atom. The highest BCUT2D eigenvalue weighted by Gasteiger charge is 2.56. The molecule has 0 bridgehead atoms. The van der Waals surface area contributed by atoms with Gasteiger partial charge < -0.3 is 15.0 Å². The highest BCUT2D eigenvalue weighted by molar-refractivity contribution is 6.08. The second kappa shape index (κ2) is 7.06. The first kappa shape index (κ1) is 17.6. The van der Waals surface area contributed by atoms with Crippen molar-refractivity contribution in [3.8, 4) is 5.75 Å². The zero-order valence-electron chi connectivity index (χ0n) is 15.5. The summed E-state index contributed by atoms with van der Waals surface area (Å²) in [5.74, 6) is 0.492. The van der Waals surface area contributed by atoms with Gasteiger partial charge in [-0.2, -0.15) is 0 Å². The number of benzene rings is 2. The van der Waals surface area contributed by atoms with Crippen LogP contribution in [-0.4, -0.2) is 36.4 Å². The zero-order valence-corrected chi connectivity index (χ0v) is 15.5. The smallest absolute Gasteiger partial charge is 0.255 e. The summed E-state index contributed by atoms with van der Waals surface area (Å²) in [6.45, 7) is 3.73. The minimum absolute atomic E-state index is 0.0864. The highest BCUT2D eigenvalue weighted by Crippen LogP contribution is 2.44. The van der Waals surface area contributed by atoms with E-state index in [0.29, 0.717) is 37.4 Å². The summed E-state index contributed by atoms with van der Waals surface area (Å²) >= 11 is 0. The van der Waals surface area contributed by atoms with Crippen LogP contribution in [0.3, 0.4) is 0 Å². The number of nitrogens with zero attached hydrogens (tertiary/aromatic N) is 1. The van der Waals surface area contributed by atoms with E-state index in [9.17, 15) is 9.59 Å². The normalized spacial score (nSPS) is 20.9. The lowest BCUT2D eigenvalue weighted by Gasteiger charge is -2.41. The molecular weight excluding hydrogens is 340 g/mol. The van der Waals surface area contributed by atoms with Crippen LogP contribution >= 0.6 is 0 Å². The molecule has 1 unspecified atom stereocenters. The average Bonchev–Trinajstić information content (AvgIpc) is 2.93. The number of hydrogen-bond donors (Lipinski definition) is 1. The standard InChI is InChI=1S/C22H24N2O3/c1-2-3-13-27-17-9-10-19-18(14-17)20(25)24-12-11-23-21(26)22(19,24)15-16-7-5-4-6-8-16/h4-10,14H,2-3,11-13,15H2,1H3,(H,23,26). The Morgan fingerprint density at radius 1 is 1.15 bits per heavy atom. The summed E-state index contributed by atoms with van der Waals surface area (Å²) in [6.07, 6.45) is 2.49. The molecule has 1 saturated heterocycles. The first-order valence-corrected chi connectivity index (χ1v) is 9.58. The van der Waals surface area contributed by atoms with Crippen molar-refractivity contribution >= 4 is 11.8 Å². The van der Waals surface area contributed by atoms with Gasteiger partial charge in [-0.15, -0.1) is 0 Å². The van der Waals surface area contributed by atoms with Crippen LogP contribution in [0.2, 0.25) is 0 Å². The molecule has 5 nitrogen and oxygen atoms in total. The van der Waals surface area contributed by atoms with Gasteiger partial charge >= 0.3 is 0 Å². The van der Waals surface area contributed by atoms with Gasteiger partial charge in [-0.25, -0.2) is 0 Å². The predicted molar refractivity (Wildman–Crippen MR) is 103 cm³/mol. The molecule has 2 aromatic rings. The minimum atomic E-state index is -0.978. The molecule has 2 aliphatic rings. The Hall–Kier alpha value is -2.82. The molecule has 0 aromatic heterocycles. The van der Waals surface area contributed by atoms with Gasteiger partial charge in [0.05, 0.1) is 6.61 Å². The van der Waals surface area contributed by atoms with Gasteiger partial charge in [0.2, 0.25) is 0 Å². The maximum absolute atomic E-state index is 13.1. The van der Waals surface area contributed by atoms with E-state index in [0.717, 1.165) is 24.0 Å². The number of carbonyl (C=O) groups excluding carboxylic acids is 2. The van der Waals surface area contributed by atoms with Crippen molar-refractivity contribution in [2.75, 3.05) is 19.7 Å². The van der Waals surface area contributed by atoms with Crippen LogP contribution in [0.1, 0.15) is 41.3 Å². The van der Waals surface area contributed by atoms with Crippen molar-refractivity contribution in [2.24, 2.45) is 0 Å². The largest absolute Gasteiger partial charge is 0.494 e. The van der Waals surface area contributed by atoms with Gasteiger partial charge in [0.25, 0.3) is 11.8 Å². The second-order valence-corrected chi connectivity index (χ2v) is 7.14. The fraction of sp³-hybridized carbons (Fsp3) is 0.364. The van der Waals surface area contributed by atoms with E-state index in [1.807, 2.05) is 42.5 Å². The van der Waals surface area contributed by atoms with Gasteiger partial charge in [0, 0.05) is 30.6 Å². The third kappa shape index (κ3) is 2.87. The minimum Gasteiger partial charge on any atom is -0.494 e. The number of piperazine rings is 1. The van der Waals surface area contributed by atoms with Crippen molar-refractivity contribution in [1.82, 2.24) is 10.2 Å². The summed E-state index contributed by atoms with van der Waals surface area (Å²) in [6, 6.07) is 15.4. The predicted octanol–water partition coefficient (Wildman–Crippen LogP) is 2.89. The second-order valence-electron chi connectivity index (χ2n) is 7.14. The van der Waals surface area contributed by atoms with Gasteiger partial charge in [0.15, 0.2) is 5.54 Å². The van der Waals surface area contributed by atoms with Gasteiger partial charge in [-0.3, -0.25) is 9.59 Å². The quantitative estimate of drug-likeness (QED) is 0.802. The molecule has 2 heterocycles. The average molecular weight is 364 g/mol. The molecule has 2 aliphatic heterocycles. The van der Waals surface area contributed by atoms with Crippen LogP contribution in [0.25, 0.3) is 0 Å². The molecule has 0 radical (unpaired) electrons. The van der Waals surface area contributed by atoms with Gasteiger partial charge in [-0.1, -0.05) is 49.7 Å². The topological polar surface area (TPSA) is 58.6 Å². The molecular formula is C22H24N2O3. The van der Waals surface area contributed by atoms with E-state index in [1.165, 1.54) is 0 Å². The number of ether oxygens (including phenoxy) is 1. The first-order chi connectivity index (χ1) is 13.2. The Morgan fingerprint density at radius 3 is 2.74 bits per heavy atom. The third-order valence-electron chi connectivity index (χ3n) is 5.44. The van der Waals surface area contributed by atoms with E-state index in [4.69, 9.17) is 4.74 Å². The van der Waals surface area contributed by atoms with Gasteiger partial charge in [-0.05, 0) is 24.1 Å². The van der Waals surface area contributed by atoms with Crippen molar-refractivity contribution in [3.63, 3.8) is 0 Å². The van der Waals surface area contributed by atoms with Crippen LogP contribution in [0.15, 0.2) is 48.5 Å². The fourth-order valence-corrected chi connectivity index (χ4v) is 4.08. The number of rotatable bonds is 6. The van der Waals surface area contributed by atoms with Crippen molar-refractivity contribution in [1.29, 1.82) is 0 Å². The van der Waals surface area contributed by atoms with E-state index >= 15 is 0 Å². The van der Waals surface area contributed by atoms with Crippen LogP contribution in [0.5, 0.6) is 5.75 Å². The highest BCUT2D eigenvalue weighted by atomic mass is 16.5. The first-order valence-electron chi connectivity index (χ1n) is 9.58. The van der Waals surface area contributed by atoms with E-state index in [-0.39, 0.29) is 11.8 Å². The molecule has 0 saturated carbocycles. The fourth-order valence-electron chi connectivity index (χ4n) is 4.08. The van der Waals surface area contributed by atoms with Crippen molar-refractivity contribution in [3.05, 3.63) is 65.2 Å². The molecule has 1 atom stereocenters. The summed E-state index contributed by atoms with van der Waals surface area (Å²) in [4.78, 5) is 27.9. The van der Waals surface area contributed by atoms with Crippen LogP contribution in [0, 0.1) is 0 Å². The molecule has 5 heteroatoms. The Kier molecular flexibility index (Phi) is 4.60. The van der Waals surface area contributed by atoms with Crippen LogP contribution < -0.4 is 10.1 Å². The van der Waals surface area contributed by atoms with Crippen molar-refractivity contribution in [2.45, 2.75) is 31.7 Å². The maximum Gasteiger partial charge on any atom is 0.255 e. The third-order valence-corrected chi connectivity index (χ3v) is 5.44. The molecule has 2 aromatic carbocycles. The Labute approximate surface area is 159 Å². The molecule has 2 amide bonds. The monoisotopic (exact) mass is 364 g/mol. The molecule has 4 rings (SSSR count). The summed E-state index contributed by atoms with van der Waals surface area (Å²) in [5.41, 5.74) is 1.41. The van der Waals surface area contributed by atoms with E-state index < -0.39 is 5.54 Å². The zero-order chi connectivity index (χ0) is 18.9. The summed E-state index contributed by atoms with van der Waals surface area (Å²) < 4.78 is 5.78. The number of unbranched alkanes of at least 4 members (excludes halogenated alkanes) is 1.